The van der Waals surface area contributed by atoms with E-state index in [1.54, 1.807) is 22.7 Å². The summed E-state index contributed by atoms with van der Waals surface area (Å²) in [6, 6.07) is 6.33. The first-order valence-corrected chi connectivity index (χ1v) is 6.71. The quantitative estimate of drug-likeness (QED) is 0.714. The fourth-order valence-electron chi connectivity index (χ4n) is 1.86. The van der Waals surface area contributed by atoms with E-state index >= 15 is 0 Å². The van der Waals surface area contributed by atoms with Gasteiger partial charge in [-0.1, -0.05) is 24.3 Å². The van der Waals surface area contributed by atoms with Gasteiger partial charge in [0.15, 0.2) is 11.5 Å². The molecule has 2 aromatic heterocycles. The van der Waals surface area contributed by atoms with E-state index in [9.17, 15) is 17.6 Å². The van der Waals surface area contributed by atoms with Gasteiger partial charge >= 0.3 is 6.18 Å². The van der Waals surface area contributed by atoms with Crippen molar-refractivity contribution in [1.82, 2.24) is 15.2 Å². The number of aromatic amines is 1. The van der Waals surface area contributed by atoms with Gasteiger partial charge in [0.05, 0.1) is 11.2 Å². The molecule has 3 rings (SSSR count). The Morgan fingerprint density at radius 1 is 1.05 bits per heavy atom. The Balaban J connectivity index is 1.97. The van der Waals surface area contributed by atoms with Crippen molar-refractivity contribution in [2.75, 3.05) is 0 Å². The molecule has 108 valence electrons. The fraction of sp³-hybridized carbons (Fsp3) is 0.0769. The largest absolute Gasteiger partial charge is 0.435 e. The first-order valence-electron chi connectivity index (χ1n) is 5.77. The molecule has 0 radical (unpaired) electrons. The molecule has 0 unspecified atom stereocenters. The maximum Gasteiger partial charge on any atom is 0.435 e. The SMILES string of the molecule is Fc1c(-c2ccc(-c3cscn3)cc2)n[nH]c1C(F)(F)F. The van der Waals surface area contributed by atoms with E-state index in [0.29, 0.717) is 0 Å². The summed E-state index contributed by atoms with van der Waals surface area (Å²) in [7, 11) is 0. The molecule has 0 aliphatic rings. The summed E-state index contributed by atoms with van der Waals surface area (Å²) in [5, 5.41) is 6.94. The van der Waals surface area contributed by atoms with Crippen LogP contribution in [0.2, 0.25) is 0 Å². The summed E-state index contributed by atoms with van der Waals surface area (Å²) >= 11 is 1.43. The van der Waals surface area contributed by atoms with Crippen LogP contribution < -0.4 is 0 Å². The second-order valence-corrected chi connectivity index (χ2v) is 4.93. The van der Waals surface area contributed by atoms with Crippen molar-refractivity contribution in [2.45, 2.75) is 6.18 Å². The monoisotopic (exact) mass is 313 g/mol. The molecule has 0 aliphatic heterocycles. The van der Waals surface area contributed by atoms with Crippen molar-refractivity contribution in [2.24, 2.45) is 0 Å². The van der Waals surface area contributed by atoms with Crippen molar-refractivity contribution in [1.29, 1.82) is 0 Å². The zero-order valence-electron chi connectivity index (χ0n) is 10.3. The summed E-state index contributed by atoms with van der Waals surface area (Å²) in [5.41, 5.74) is 1.66. The third kappa shape index (κ3) is 2.54. The van der Waals surface area contributed by atoms with Gasteiger partial charge in [0.25, 0.3) is 0 Å². The summed E-state index contributed by atoms with van der Waals surface area (Å²) < 4.78 is 51.3. The lowest BCUT2D eigenvalue weighted by Gasteiger charge is -2.02. The van der Waals surface area contributed by atoms with Crippen LogP contribution in [0.4, 0.5) is 17.6 Å². The molecule has 0 fully saturated rings. The Hall–Kier alpha value is -2.22. The van der Waals surface area contributed by atoms with E-state index in [2.05, 4.69) is 10.1 Å². The number of nitrogens with zero attached hydrogens (tertiary/aromatic N) is 2. The lowest BCUT2D eigenvalue weighted by atomic mass is 10.1. The average Bonchev–Trinajstić information content (AvgIpc) is 3.07. The molecule has 8 heteroatoms. The molecule has 0 aliphatic carbocycles. The molecule has 0 amide bonds. The van der Waals surface area contributed by atoms with Crippen molar-refractivity contribution < 1.29 is 17.6 Å². The fourth-order valence-corrected chi connectivity index (χ4v) is 2.42. The van der Waals surface area contributed by atoms with Crippen molar-refractivity contribution in [3.05, 3.63) is 46.7 Å². The molecule has 2 heterocycles. The van der Waals surface area contributed by atoms with Gasteiger partial charge in [-0.15, -0.1) is 11.3 Å². The van der Waals surface area contributed by atoms with Gasteiger partial charge in [-0.25, -0.2) is 9.37 Å². The highest BCUT2D eigenvalue weighted by Gasteiger charge is 2.38. The minimum atomic E-state index is -4.80. The lowest BCUT2D eigenvalue weighted by molar-refractivity contribution is -0.143. The third-order valence-corrected chi connectivity index (χ3v) is 3.46. The smallest absolute Gasteiger partial charge is 0.270 e. The molecular formula is C13H7F4N3S. The zero-order chi connectivity index (χ0) is 15.0. The van der Waals surface area contributed by atoms with Crippen LogP contribution in [0, 0.1) is 5.82 Å². The van der Waals surface area contributed by atoms with Crippen LogP contribution >= 0.6 is 11.3 Å². The van der Waals surface area contributed by atoms with Crippen molar-refractivity contribution >= 4 is 11.3 Å². The minimum Gasteiger partial charge on any atom is -0.270 e. The van der Waals surface area contributed by atoms with E-state index in [1.807, 2.05) is 5.38 Å². The summed E-state index contributed by atoms with van der Waals surface area (Å²) in [5.74, 6) is -1.40. The number of hydrogen-bond acceptors (Lipinski definition) is 3. The first-order chi connectivity index (χ1) is 9.97. The van der Waals surface area contributed by atoms with Gasteiger partial charge in [0.2, 0.25) is 0 Å². The topological polar surface area (TPSA) is 41.6 Å². The Bertz CT molecular complexity index is 745. The van der Waals surface area contributed by atoms with E-state index < -0.39 is 17.7 Å². The predicted molar refractivity (Wildman–Crippen MR) is 70.1 cm³/mol. The van der Waals surface area contributed by atoms with Crippen LogP contribution in [-0.2, 0) is 6.18 Å². The van der Waals surface area contributed by atoms with Gasteiger partial charge in [-0.3, -0.25) is 5.10 Å². The van der Waals surface area contributed by atoms with Gasteiger partial charge in [-0.2, -0.15) is 18.3 Å². The third-order valence-electron chi connectivity index (χ3n) is 2.88. The number of rotatable bonds is 2. The second kappa shape index (κ2) is 4.96. The van der Waals surface area contributed by atoms with Crippen molar-refractivity contribution in [3.63, 3.8) is 0 Å². The Labute approximate surface area is 120 Å². The number of halogens is 4. The maximum absolute atomic E-state index is 13.8. The number of aromatic nitrogens is 3. The number of nitrogens with one attached hydrogen (secondary N) is 1. The van der Waals surface area contributed by atoms with Crippen LogP contribution in [0.1, 0.15) is 5.69 Å². The Kier molecular flexibility index (Phi) is 3.25. The maximum atomic E-state index is 13.8. The molecule has 1 N–H and O–H groups in total. The lowest BCUT2D eigenvalue weighted by Crippen LogP contribution is -2.07. The summed E-state index contributed by atoms with van der Waals surface area (Å²) in [4.78, 5) is 4.12. The molecule has 0 atom stereocenters. The second-order valence-electron chi connectivity index (χ2n) is 4.21. The molecule has 3 nitrogen and oxygen atoms in total. The van der Waals surface area contributed by atoms with E-state index in [-0.39, 0.29) is 11.3 Å². The van der Waals surface area contributed by atoms with Crippen molar-refractivity contribution in [3.8, 4) is 22.5 Å². The number of alkyl halides is 3. The van der Waals surface area contributed by atoms with Crippen LogP contribution in [0.25, 0.3) is 22.5 Å². The number of benzene rings is 1. The first kappa shape index (κ1) is 13.7. The zero-order valence-corrected chi connectivity index (χ0v) is 11.1. The van der Waals surface area contributed by atoms with Gasteiger partial charge in [0.1, 0.15) is 5.69 Å². The molecule has 0 bridgehead atoms. The molecule has 21 heavy (non-hydrogen) atoms. The highest BCUT2D eigenvalue weighted by molar-refractivity contribution is 7.07. The highest BCUT2D eigenvalue weighted by atomic mass is 32.1. The van der Waals surface area contributed by atoms with E-state index in [1.165, 1.54) is 23.5 Å². The molecule has 0 saturated carbocycles. The molecular weight excluding hydrogens is 306 g/mol. The molecule has 1 aromatic carbocycles. The summed E-state index contributed by atoms with van der Waals surface area (Å²) in [6.07, 6.45) is -4.80. The van der Waals surface area contributed by atoms with Gasteiger partial charge in [-0.05, 0) is 0 Å². The highest BCUT2D eigenvalue weighted by Crippen LogP contribution is 2.34. The van der Waals surface area contributed by atoms with Gasteiger partial charge in [0, 0.05) is 16.5 Å². The molecule has 0 spiro atoms. The Morgan fingerprint density at radius 2 is 1.71 bits per heavy atom. The molecule has 3 aromatic rings. The average molecular weight is 313 g/mol. The predicted octanol–water partition coefficient (Wildman–Crippen LogP) is 4.36. The Morgan fingerprint density at radius 3 is 2.24 bits per heavy atom. The van der Waals surface area contributed by atoms with Gasteiger partial charge < -0.3 is 0 Å². The number of hydrogen-bond donors (Lipinski definition) is 1. The number of H-pyrrole nitrogens is 1. The van der Waals surface area contributed by atoms with E-state index in [4.69, 9.17) is 0 Å². The summed E-state index contributed by atoms with van der Waals surface area (Å²) in [6.45, 7) is 0. The van der Waals surface area contributed by atoms with E-state index in [0.717, 1.165) is 11.3 Å². The minimum absolute atomic E-state index is 0.262. The van der Waals surface area contributed by atoms with Crippen LogP contribution in [-0.4, -0.2) is 15.2 Å². The molecule has 0 saturated heterocycles. The normalized spacial score (nSPS) is 11.8. The number of thiazole rings is 1. The van der Waals surface area contributed by atoms with Crippen LogP contribution in [0.15, 0.2) is 35.2 Å². The van der Waals surface area contributed by atoms with Crippen LogP contribution in [0.3, 0.4) is 0 Å². The standard InChI is InChI=1S/C13H7F4N3S/c14-10-11(19-20-12(10)13(15,16)17)8-3-1-7(2-4-8)9-5-21-6-18-9/h1-6H,(H,19,20). The van der Waals surface area contributed by atoms with Crippen LogP contribution in [0.5, 0.6) is 0 Å².